The van der Waals surface area contributed by atoms with E-state index >= 15 is 0 Å². The molecule has 0 radical (unpaired) electrons. The number of hydrogen-bond donors (Lipinski definition) is 2. The van der Waals surface area contributed by atoms with Gasteiger partial charge in [-0.2, -0.15) is 0 Å². The molecule has 0 saturated heterocycles. The quantitative estimate of drug-likeness (QED) is 0.840. The number of anilines is 1. The summed E-state index contributed by atoms with van der Waals surface area (Å²) in [6.07, 6.45) is 1.41. The van der Waals surface area contributed by atoms with Crippen molar-refractivity contribution >= 4 is 23.3 Å². The number of methoxy groups -OCH3 is 1. The first-order valence-electron chi connectivity index (χ1n) is 5.22. The van der Waals surface area contributed by atoms with E-state index < -0.39 is 0 Å². The van der Waals surface area contributed by atoms with Gasteiger partial charge >= 0.3 is 0 Å². The number of nitrogens with zero attached hydrogens (tertiary/aromatic N) is 1. The first-order chi connectivity index (χ1) is 8.08. The van der Waals surface area contributed by atoms with E-state index in [2.05, 4.69) is 15.6 Å². The number of carbonyl (C=O) groups is 1. The number of aromatic nitrogens is 1. The molecule has 1 aromatic rings. The van der Waals surface area contributed by atoms with Crippen LogP contribution >= 0.6 is 11.6 Å². The van der Waals surface area contributed by atoms with E-state index in [0.29, 0.717) is 22.9 Å². The Balaban J connectivity index is 2.74. The van der Waals surface area contributed by atoms with Crippen LogP contribution in [0.1, 0.15) is 17.3 Å². The van der Waals surface area contributed by atoms with E-state index in [1.807, 2.05) is 6.92 Å². The first kappa shape index (κ1) is 13.7. The van der Waals surface area contributed by atoms with Gasteiger partial charge in [0.1, 0.15) is 5.82 Å². The molecule has 0 spiro atoms. The number of ether oxygens (including phenoxy) is 1. The van der Waals surface area contributed by atoms with Gasteiger partial charge in [-0.15, -0.1) is 0 Å². The van der Waals surface area contributed by atoms with Gasteiger partial charge in [0.05, 0.1) is 16.7 Å². The van der Waals surface area contributed by atoms with Crippen LogP contribution in [0, 0.1) is 0 Å². The van der Waals surface area contributed by atoms with Crippen LogP contribution in [0.25, 0.3) is 0 Å². The molecule has 0 bridgehead atoms. The summed E-state index contributed by atoms with van der Waals surface area (Å²) in [7, 11) is 3.32. The minimum absolute atomic E-state index is 0.0386. The normalized spacial score (nSPS) is 12.0. The Morgan fingerprint density at radius 2 is 2.35 bits per heavy atom. The summed E-state index contributed by atoms with van der Waals surface area (Å²) in [4.78, 5) is 15.9. The number of hydrogen-bond acceptors (Lipinski definition) is 4. The van der Waals surface area contributed by atoms with Gasteiger partial charge < -0.3 is 15.4 Å². The topological polar surface area (TPSA) is 63.2 Å². The van der Waals surface area contributed by atoms with Crippen molar-refractivity contribution in [2.75, 3.05) is 26.0 Å². The van der Waals surface area contributed by atoms with Gasteiger partial charge in [0, 0.05) is 26.9 Å². The molecule has 1 unspecified atom stereocenters. The summed E-state index contributed by atoms with van der Waals surface area (Å²) < 4.78 is 5.04. The van der Waals surface area contributed by atoms with Crippen LogP contribution in [0.3, 0.4) is 0 Å². The second-order valence-corrected chi connectivity index (χ2v) is 3.96. The van der Waals surface area contributed by atoms with Crippen LogP contribution in [0.5, 0.6) is 0 Å². The highest BCUT2D eigenvalue weighted by atomic mass is 35.5. The van der Waals surface area contributed by atoms with Gasteiger partial charge in [-0.1, -0.05) is 11.6 Å². The third kappa shape index (κ3) is 3.87. The summed E-state index contributed by atoms with van der Waals surface area (Å²) in [5.74, 6) is 0.358. The van der Waals surface area contributed by atoms with Crippen molar-refractivity contribution in [1.82, 2.24) is 10.3 Å². The van der Waals surface area contributed by atoms with Crippen molar-refractivity contribution < 1.29 is 9.53 Å². The average Bonchev–Trinajstić information content (AvgIpc) is 2.36. The zero-order chi connectivity index (χ0) is 12.8. The molecule has 5 nitrogen and oxygen atoms in total. The second kappa shape index (κ2) is 6.42. The van der Waals surface area contributed by atoms with Crippen molar-refractivity contribution in [3.8, 4) is 0 Å². The average molecular weight is 258 g/mol. The van der Waals surface area contributed by atoms with Gasteiger partial charge in [0.2, 0.25) is 0 Å². The lowest BCUT2D eigenvalue weighted by Gasteiger charge is -2.11. The van der Waals surface area contributed by atoms with E-state index in [4.69, 9.17) is 16.3 Å². The molecular weight excluding hydrogens is 242 g/mol. The van der Waals surface area contributed by atoms with Gasteiger partial charge in [-0.25, -0.2) is 4.98 Å². The molecule has 1 amide bonds. The molecule has 94 valence electrons. The Bertz CT molecular complexity index is 398. The lowest BCUT2D eigenvalue weighted by molar-refractivity contribution is 0.0870. The Kier molecular flexibility index (Phi) is 5.18. The Labute approximate surface area is 106 Å². The van der Waals surface area contributed by atoms with Crippen LogP contribution in [0.4, 0.5) is 5.82 Å². The highest BCUT2D eigenvalue weighted by Gasteiger charge is 2.12. The number of nitrogens with one attached hydrogen (secondary N) is 2. The lowest BCUT2D eigenvalue weighted by atomic mass is 10.2. The maximum absolute atomic E-state index is 11.8. The van der Waals surface area contributed by atoms with E-state index in [0.717, 1.165) is 0 Å². The predicted molar refractivity (Wildman–Crippen MR) is 67.6 cm³/mol. The maximum atomic E-state index is 11.8. The molecule has 1 aromatic heterocycles. The van der Waals surface area contributed by atoms with Gasteiger partial charge in [-0.3, -0.25) is 4.79 Å². The largest absolute Gasteiger partial charge is 0.380 e. The summed E-state index contributed by atoms with van der Waals surface area (Å²) >= 11 is 5.91. The molecule has 1 rings (SSSR count). The van der Waals surface area contributed by atoms with Crippen LogP contribution in [0.15, 0.2) is 12.3 Å². The molecule has 0 aromatic carbocycles. The predicted octanol–water partition coefficient (Wildman–Crippen LogP) is 1.54. The standard InChI is InChI=1S/C11H16ClN3O2/c1-7(17-3)5-15-11(16)8-4-10(13-2)14-6-9(8)12/h4,6-7H,5H2,1-3H3,(H,13,14)(H,15,16). The zero-order valence-corrected chi connectivity index (χ0v) is 10.8. The van der Waals surface area contributed by atoms with E-state index in [1.165, 1.54) is 6.20 Å². The first-order valence-corrected chi connectivity index (χ1v) is 5.60. The van der Waals surface area contributed by atoms with Gasteiger partial charge in [0.25, 0.3) is 5.91 Å². The molecule has 1 atom stereocenters. The highest BCUT2D eigenvalue weighted by molar-refractivity contribution is 6.33. The fourth-order valence-electron chi connectivity index (χ4n) is 1.16. The second-order valence-electron chi connectivity index (χ2n) is 3.56. The van der Waals surface area contributed by atoms with Crippen LogP contribution in [-0.4, -0.2) is 37.7 Å². The van der Waals surface area contributed by atoms with E-state index in [-0.39, 0.29) is 12.0 Å². The van der Waals surface area contributed by atoms with Gasteiger partial charge in [0.15, 0.2) is 0 Å². The molecule has 0 aliphatic heterocycles. The lowest BCUT2D eigenvalue weighted by Crippen LogP contribution is -2.31. The molecule has 0 fully saturated rings. The fraction of sp³-hybridized carbons (Fsp3) is 0.455. The Hall–Kier alpha value is -1.33. The molecule has 0 aliphatic carbocycles. The summed E-state index contributed by atoms with van der Waals surface area (Å²) in [6, 6.07) is 1.61. The third-order valence-electron chi connectivity index (χ3n) is 2.31. The van der Waals surface area contributed by atoms with Crippen molar-refractivity contribution in [2.24, 2.45) is 0 Å². The molecular formula is C11H16ClN3O2. The summed E-state index contributed by atoms with van der Waals surface area (Å²) in [5.41, 5.74) is 0.398. The van der Waals surface area contributed by atoms with Crippen molar-refractivity contribution in [1.29, 1.82) is 0 Å². The minimum Gasteiger partial charge on any atom is -0.380 e. The molecule has 17 heavy (non-hydrogen) atoms. The molecule has 6 heteroatoms. The number of carbonyl (C=O) groups excluding carboxylic acids is 1. The van der Waals surface area contributed by atoms with Crippen LogP contribution in [0.2, 0.25) is 5.02 Å². The Morgan fingerprint density at radius 3 is 2.94 bits per heavy atom. The number of amides is 1. The maximum Gasteiger partial charge on any atom is 0.253 e. The third-order valence-corrected chi connectivity index (χ3v) is 2.61. The number of rotatable bonds is 5. The smallest absolute Gasteiger partial charge is 0.253 e. The number of pyridine rings is 1. The minimum atomic E-state index is -0.238. The SMILES string of the molecule is CNc1cc(C(=O)NCC(C)OC)c(Cl)cn1. The highest BCUT2D eigenvalue weighted by Crippen LogP contribution is 2.17. The number of halogens is 1. The van der Waals surface area contributed by atoms with Gasteiger partial charge in [-0.05, 0) is 13.0 Å². The molecule has 2 N–H and O–H groups in total. The summed E-state index contributed by atoms with van der Waals surface area (Å²) in [5, 5.41) is 5.91. The van der Waals surface area contributed by atoms with E-state index in [1.54, 1.807) is 20.2 Å². The van der Waals surface area contributed by atoms with E-state index in [9.17, 15) is 4.79 Å². The van der Waals surface area contributed by atoms with Crippen molar-refractivity contribution in [3.63, 3.8) is 0 Å². The Morgan fingerprint density at radius 1 is 1.65 bits per heavy atom. The molecule has 0 aliphatic rings. The monoisotopic (exact) mass is 257 g/mol. The van der Waals surface area contributed by atoms with Crippen LogP contribution in [-0.2, 0) is 4.74 Å². The van der Waals surface area contributed by atoms with Crippen molar-refractivity contribution in [3.05, 3.63) is 22.8 Å². The van der Waals surface area contributed by atoms with Crippen LogP contribution < -0.4 is 10.6 Å². The zero-order valence-electron chi connectivity index (χ0n) is 10.1. The molecule has 1 heterocycles. The molecule has 0 saturated carbocycles. The summed E-state index contributed by atoms with van der Waals surface area (Å²) in [6.45, 7) is 2.30. The van der Waals surface area contributed by atoms with Crippen molar-refractivity contribution in [2.45, 2.75) is 13.0 Å². The fourth-order valence-corrected chi connectivity index (χ4v) is 1.35.